The normalized spacial score (nSPS) is 29.9. The van der Waals surface area contributed by atoms with E-state index in [1.165, 1.54) is 18.0 Å². The molecule has 2 aliphatic carbocycles. The van der Waals surface area contributed by atoms with E-state index in [4.69, 9.17) is 9.26 Å². The third-order valence-electron chi connectivity index (χ3n) is 9.42. The Labute approximate surface area is 252 Å². The van der Waals surface area contributed by atoms with Gasteiger partial charge < -0.3 is 24.6 Å². The summed E-state index contributed by atoms with van der Waals surface area (Å²) in [6.45, 7) is 1.34. The molecule has 3 aromatic rings. The number of rotatable bonds is 8. The molecule has 44 heavy (non-hydrogen) atoms. The van der Waals surface area contributed by atoms with E-state index in [-0.39, 0.29) is 35.8 Å². The van der Waals surface area contributed by atoms with Crippen molar-refractivity contribution < 1.29 is 46.5 Å². The van der Waals surface area contributed by atoms with E-state index in [9.17, 15) is 37.3 Å². The number of hydrogen-bond acceptors (Lipinski definition) is 8. The highest BCUT2D eigenvalue weighted by Crippen LogP contribution is 2.62. The minimum atomic E-state index is -2.91. The van der Waals surface area contributed by atoms with Gasteiger partial charge in [-0.1, -0.05) is 10.4 Å². The van der Waals surface area contributed by atoms with Crippen LogP contribution >= 0.6 is 10.9 Å². The highest BCUT2D eigenvalue weighted by atomic mass is 32.2. The number of thiol groups is 1. The van der Waals surface area contributed by atoms with Crippen molar-refractivity contribution in [2.45, 2.75) is 91.6 Å². The van der Waals surface area contributed by atoms with Gasteiger partial charge in [0.25, 0.3) is 0 Å². The number of alkyl halides is 2. The fourth-order valence-corrected chi connectivity index (χ4v) is 10.6. The Morgan fingerprint density at radius 3 is 2.39 bits per heavy atom. The van der Waals surface area contributed by atoms with Crippen LogP contribution in [0.2, 0.25) is 0 Å². The maximum absolute atomic E-state index is 14.3. The van der Waals surface area contributed by atoms with Crippen LogP contribution in [-0.4, -0.2) is 83.9 Å². The number of methoxy groups -OCH3 is 1. The van der Waals surface area contributed by atoms with Crippen LogP contribution in [0.25, 0.3) is 11.3 Å². The van der Waals surface area contributed by atoms with Gasteiger partial charge in [-0.15, -0.1) is 5.10 Å². The van der Waals surface area contributed by atoms with Gasteiger partial charge in [-0.05, 0) is 44.7 Å². The van der Waals surface area contributed by atoms with E-state index in [1.54, 1.807) is 0 Å². The first kappa shape index (κ1) is 31.4. The van der Waals surface area contributed by atoms with Crippen LogP contribution in [-0.2, 0) is 4.74 Å². The largest absolute Gasteiger partial charge is 0.395 e. The average Bonchev–Trinajstić information content (AvgIpc) is 3.59. The summed E-state index contributed by atoms with van der Waals surface area (Å²) in [5.41, 5.74) is -0.456. The Hall–Kier alpha value is -2.59. The van der Waals surface area contributed by atoms with Gasteiger partial charge in [-0.2, -0.15) is 0 Å². The molecule has 6 atom stereocenters. The smallest absolute Gasteiger partial charge is 0.248 e. The van der Waals surface area contributed by atoms with E-state index in [2.05, 4.69) is 15.5 Å². The van der Waals surface area contributed by atoms with Gasteiger partial charge in [0.2, 0.25) is 5.92 Å². The van der Waals surface area contributed by atoms with Gasteiger partial charge in [-0.25, -0.2) is 37.5 Å². The standard InChI is InChI=1S/C29H35F5N4O5S/c1-14-23(36-43-26(14)15-3-4-15)27(28(41)5-7-29(33,34)8-6-28)44-13-20(42-2)24(25(40)21(44)12-39)38-11-19(35-37-38)16-9-17(30)22(32)18(31)10-16/h9-11,15,20-21,24-25,27,39-41,44H,3-8,12-13H2,1-2H3/t20-,21+,24+,25-,27+/m0/s1. The van der Waals surface area contributed by atoms with Crippen molar-refractivity contribution in [1.82, 2.24) is 20.2 Å². The number of aliphatic hydroxyl groups is 3. The van der Waals surface area contributed by atoms with Gasteiger partial charge in [-0.3, -0.25) is 0 Å². The van der Waals surface area contributed by atoms with Crippen LogP contribution in [0.1, 0.15) is 72.8 Å². The number of aromatic nitrogens is 4. The minimum absolute atomic E-state index is 0.0133. The van der Waals surface area contributed by atoms with Crippen molar-refractivity contribution >= 4 is 10.9 Å². The van der Waals surface area contributed by atoms with Gasteiger partial charge in [0.15, 0.2) is 17.5 Å². The number of hydrogen-bond donors (Lipinski definition) is 4. The van der Waals surface area contributed by atoms with Crippen LogP contribution in [0.5, 0.6) is 0 Å². The number of halogens is 5. The summed E-state index contributed by atoms with van der Waals surface area (Å²) in [7, 11) is -0.147. The molecule has 1 saturated heterocycles. The molecular weight excluding hydrogens is 611 g/mol. The summed E-state index contributed by atoms with van der Waals surface area (Å²) in [6, 6.07) is 0.643. The van der Waals surface area contributed by atoms with Gasteiger partial charge in [0.1, 0.15) is 23.2 Å². The molecule has 0 amide bonds. The SMILES string of the molecule is CO[C@H]1C[SH]([C@H](c2noc(C3CC3)c2C)C2(O)CCC(F)(F)CC2)[C@H](CO)[C@H](O)[C@@H]1n1cc(-c2cc(F)c(F)c(F)c2)nn1. The van der Waals surface area contributed by atoms with Crippen LogP contribution in [0.3, 0.4) is 0 Å². The van der Waals surface area contributed by atoms with Crippen molar-refractivity contribution in [3.63, 3.8) is 0 Å². The monoisotopic (exact) mass is 646 g/mol. The third kappa shape index (κ3) is 5.54. The highest BCUT2D eigenvalue weighted by Gasteiger charge is 2.55. The van der Waals surface area contributed by atoms with Crippen LogP contribution in [0, 0.1) is 24.4 Å². The van der Waals surface area contributed by atoms with Crippen molar-refractivity contribution in [2.75, 3.05) is 19.5 Å². The fraction of sp³-hybridized carbons (Fsp3) is 0.621. The maximum Gasteiger partial charge on any atom is 0.248 e. The molecule has 1 unspecified atom stereocenters. The first-order valence-corrected chi connectivity index (χ1v) is 16.2. The molecule has 0 bridgehead atoms. The summed E-state index contributed by atoms with van der Waals surface area (Å²) in [5, 5.41) is 45.3. The molecule has 2 aromatic heterocycles. The minimum Gasteiger partial charge on any atom is -0.395 e. The quantitative estimate of drug-likeness (QED) is 0.160. The zero-order valence-electron chi connectivity index (χ0n) is 24.1. The van der Waals surface area contributed by atoms with E-state index in [0.29, 0.717) is 11.5 Å². The van der Waals surface area contributed by atoms with Crippen molar-refractivity contribution in [3.8, 4) is 11.3 Å². The first-order chi connectivity index (χ1) is 20.9. The molecule has 3 N–H and O–H groups in total. The number of aliphatic hydroxyl groups excluding tert-OH is 2. The third-order valence-corrected chi connectivity index (χ3v) is 12.9. The second-order valence-corrected chi connectivity index (χ2v) is 14.8. The molecule has 3 fully saturated rings. The number of nitrogens with zero attached hydrogens (tertiary/aromatic N) is 4. The second-order valence-electron chi connectivity index (χ2n) is 12.2. The lowest BCUT2D eigenvalue weighted by molar-refractivity contribution is -0.105. The molecule has 0 spiro atoms. The lowest BCUT2D eigenvalue weighted by atomic mass is 9.79. The van der Waals surface area contributed by atoms with Gasteiger partial charge in [0.05, 0.1) is 35.9 Å². The molecule has 1 aromatic carbocycles. The topological polar surface area (TPSA) is 127 Å². The molecule has 242 valence electrons. The number of benzene rings is 1. The molecule has 0 radical (unpaired) electrons. The Bertz CT molecular complexity index is 1480. The summed E-state index contributed by atoms with van der Waals surface area (Å²) in [4.78, 5) is 0. The number of ether oxygens (including phenoxy) is 1. The summed E-state index contributed by atoms with van der Waals surface area (Å²) < 4.78 is 82.7. The Balaban J connectivity index is 1.36. The maximum atomic E-state index is 14.3. The Morgan fingerprint density at radius 2 is 1.80 bits per heavy atom. The first-order valence-electron chi connectivity index (χ1n) is 14.6. The van der Waals surface area contributed by atoms with Crippen molar-refractivity contribution in [3.05, 3.63) is 52.8 Å². The zero-order valence-corrected chi connectivity index (χ0v) is 25.0. The molecule has 9 nitrogen and oxygen atoms in total. The molecule has 3 aliphatic rings. The molecule has 6 rings (SSSR count). The summed E-state index contributed by atoms with van der Waals surface area (Å²) in [5.74, 6) is -6.19. The molecule has 3 heterocycles. The second kappa shape index (κ2) is 11.6. The van der Waals surface area contributed by atoms with E-state index in [0.717, 1.165) is 30.5 Å². The van der Waals surface area contributed by atoms with Crippen molar-refractivity contribution in [2.24, 2.45) is 0 Å². The highest BCUT2D eigenvalue weighted by molar-refractivity contribution is 8.18. The van der Waals surface area contributed by atoms with E-state index >= 15 is 0 Å². The lowest BCUT2D eigenvalue weighted by Gasteiger charge is -2.53. The molecular formula is C29H35F5N4O5S. The molecule has 15 heteroatoms. The fourth-order valence-electron chi connectivity index (χ4n) is 6.79. The Morgan fingerprint density at radius 1 is 1.14 bits per heavy atom. The van der Waals surface area contributed by atoms with Crippen molar-refractivity contribution in [1.29, 1.82) is 0 Å². The van der Waals surface area contributed by atoms with E-state index in [1.807, 2.05) is 6.92 Å². The van der Waals surface area contributed by atoms with Crippen LogP contribution in [0.4, 0.5) is 22.0 Å². The van der Waals surface area contributed by atoms with E-state index < -0.39 is 88.1 Å². The molecule has 1 aliphatic heterocycles. The van der Waals surface area contributed by atoms with Crippen LogP contribution < -0.4 is 0 Å². The van der Waals surface area contributed by atoms with Gasteiger partial charge in [0, 0.05) is 48.0 Å². The molecule has 2 saturated carbocycles. The predicted octanol–water partition coefficient (Wildman–Crippen LogP) is 4.51. The lowest BCUT2D eigenvalue weighted by Crippen LogP contribution is -2.54. The Kier molecular flexibility index (Phi) is 8.31. The summed E-state index contributed by atoms with van der Waals surface area (Å²) >= 11 is 0. The van der Waals surface area contributed by atoms with Gasteiger partial charge >= 0.3 is 0 Å². The zero-order chi connectivity index (χ0) is 31.6. The summed E-state index contributed by atoms with van der Waals surface area (Å²) in [6.07, 6.45) is -0.251. The predicted molar refractivity (Wildman–Crippen MR) is 150 cm³/mol. The van der Waals surface area contributed by atoms with Crippen LogP contribution in [0.15, 0.2) is 22.9 Å². The average molecular weight is 647 g/mol.